The predicted octanol–water partition coefficient (Wildman–Crippen LogP) is 5.58. The Morgan fingerprint density at radius 2 is 1.74 bits per heavy atom. The number of aromatic amines is 1. The van der Waals surface area contributed by atoms with Crippen molar-refractivity contribution in [1.82, 2.24) is 29.6 Å². The van der Waals surface area contributed by atoms with Gasteiger partial charge in [-0.1, -0.05) is 42.5 Å². The minimum atomic E-state index is 0.0425. The van der Waals surface area contributed by atoms with Crippen molar-refractivity contribution in [2.75, 3.05) is 13.1 Å². The molecule has 5 aromatic rings. The van der Waals surface area contributed by atoms with Crippen LogP contribution in [0.15, 0.2) is 66.9 Å². The number of rotatable bonds is 4. The molecule has 0 spiro atoms. The molecule has 176 valence electrons. The molecule has 1 N–H and O–H groups in total. The quantitative estimate of drug-likeness (QED) is 0.377. The van der Waals surface area contributed by atoms with Gasteiger partial charge in [-0.15, -0.1) is 0 Å². The van der Waals surface area contributed by atoms with E-state index in [1.165, 1.54) is 0 Å². The van der Waals surface area contributed by atoms with E-state index in [9.17, 15) is 4.79 Å². The van der Waals surface area contributed by atoms with E-state index < -0.39 is 0 Å². The fraction of sp³-hybridized carbons (Fsp3) is 0.286. The van der Waals surface area contributed by atoms with Crippen LogP contribution >= 0.6 is 0 Å². The van der Waals surface area contributed by atoms with Crippen molar-refractivity contribution in [2.24, 2.45) is 0 Å². The minimum Gasteiger partial charge on any atom is -0.342 e. The Morgan fingerprint density at radius 3 is 2.49 bits per heavy atom. The molecule has 7 heteroatoms. The van der Waals surface area contributed by atoms with E-state index in [1.807, 2.05) is 64.2 Å². The minimum absolute atomic E-state index is 0.0425. The molecule has 35 heavy (non-hydrogen) atoms. The summed E-state index contributed by atoms with van der Waals surface area (Å²) in [6.45, 7) is 5.55. The standard InChI is InChI=1S/C28H28N6O/c1-18(2)34-27-22(17-29-34)21(16-25(32-27)19-8-4-3-5-9-19)28(35)33-14-12-20(13-15-33)26-30-23-10-6-7-11-24(23)31-26/h3-11,16-18,20H,12-15H2,1-2H3,(H,30,31). The largest absolute Gasteiger partial charge is 0.342 e. The molecule has 4 heterocycles. The van der Waals surface area contributed by atoms with E-state index in [4.69, 9.17) is 9.97 Å². The summed E-state index contributed by atoms with van der Waals surface area (Å²) in [6, 6.07) is 20.2. The zero-order valence-electron chi connectivity index (χ0n) is 20.0. The lowest BCUT2D eigenvalue weighted by Crippen LogP contribution is -2.38. The average Bonchev–Trinajstić information content (AvgIpc) is 3.53. The van der Waals surface area contributed by atoms with Crippen molar-refractivity contribution in [2.45, 2.75) is 38.6 Å². The second kappa shape index (κ2) is 8.65. The van der Waals surface area contributed by atoms with Gasteiger partial charge in [0.25, 0.3) is 5.91 Å². The molecular weight excluding hydrogens is 436 g/mol. The lowest BCUT2D eigenvalue weighted by Gasteiger charge is -2.31. The molecule has 3 aromatic heterocycles. The molecule has 0 bridgehead atoms. The van der Waals surface area contributed by atoms with Gasteiger partial charge in [0, 0.05) is 30.6 Å². The van der Waals surface area contributed by atoms with Crippen molar-refractivity contribution >= 4 is 28.0 Å². The summed E-state index contributed by atoms with van der Waals surface area (Å²) in [5.74, 6) is 1.39. The monoisotopic (exact) mass is 464 g/mol. The number of benzene rings is 2. The number of hydrogen-bond acceptors (Lipinski definition) is 4. The van der Waals surface area contributed by atoms with E-state index in [-0.39, 0.29) is 11.9 Å². The van der Waals surface area contributed by atoms with Crippen LogP contribution in [0.5, 0.6) is 0 Å². The molecule has 0 unspecified atom stereocenters. The van der Waals surface area contributed by atoms with E-state index in [1.54, 1.807) is 6.20 Å². The first-order valence-electron chi connectivity index (χ1n) is 12.3. The summed E-state index contributed by atoms with van der Waals surface area (Å²) in [5, 5.41) is 5.37. The Bertz CT molecular complexity index is 1480. The molecule has 0 atom stereocenters. The first-order chi connectivity index (χ1) is 17.1. The molecule has 0 radical (unpaired) electrons. The van der Waals surface area contributed by atoms with E-state index in [2.05, 4.69) is 30.0 Å². The number of amides is 1. The molecule has 1 saturated heterocycles. The highest BCUT2D eigenvalue weighted by molar-refractivity contribution is 6.06. The number of hydrogen-bond donors (Lipinski definition) is 1. The lowest BCUT2D eigenvalue weighted by molar-refractivity contribution is 0.0713. The van der Waals surface area contributed by atoms with Crippen LogP contribution in [0.1, 0.15) is 54.8 Å². The van der Waals surface area contributed by atoms with Crippen molar-refractivity contribution in [3.63, 3.8) is 0 Å². The molecule has 1 fully saturated rings. The van der Waals surface area contributed by atoms with Crippen molar-refractivity contribution < 1.29 is 4.79 Å². The van der Waals surface area contributed by atoms with Gasteiger partial charge in [-0.2, -0.15) is 5.10 Å². The second-order valence-corrected chi connectivity index (χ2v) is 9.55. The topological polar surface area (TPSA) is 79.7 Å². The third-order valence-electron chi connectivity index (χ3n) is 6.93. The fourth-order valence-electron chi connectivity index (χ4n) is 5.02. The Labute approximate surface area is 203 Å². The van der Waals surface area contributed by atoms with Crippen LogP contribution in [0.3, 0.4) is 0 Å². The zero-order valence-corrected chi connectivity index (χ0v) is 20.0. The average molecular weight is 465 g/mol. The van der Waals surface area contributed by atoms with Crippen LogP contribution in [0.25, 0.3) is 33.3 Å². The van der Waals surface area contributed by atoms with Crippen molar-refractivity contribution in [3.8, 4) is 11.3 Å². The number of carbonyl (C=O) groups excluding carboxylic acids is 1. The molecule has 1 aliphatic heterocycles. The van der Waals surface area contributed by atoms with Crippen LogP contribution in [0.2, 0.25) is 0 Å². The number of likely N-dealkylation sites (tertiary alicyclic amines) is 1. The summed E-state index contributed by atoms with van der Waals surface area (Å²) in [6.07, 6.45) is 3.55. The van der Waals surface area contributed by atoms with Crippen molar-refractivity contribution in [3.05, 3.63) is 78.2 Å². The highest BCUT2D eigenvalue weighted by atomic mass is 16.2. The van der Waals surface area contributed by atoms with Gasteiger partial charge in [0.05, 0.1) is 33.9 Å². The van der Waals surface area contributed by atoms with Gasteiger partial charge in [-0.25, -0.2) is 14.6 Å². The van der Waals surface area contributed by atoms with Crippen molar-refractivity contribution in [1.29, 1.82) is 0 Å². The number of H-pyrrole nitrogens is 1. The smallest absolute Gasteiger partial charge is 0.254 e. The highest BCUT2D eigenvalue weighted by Crippen LogP contribution is 2.31. The molecule has 1 aliphatic rings. The number of imidazole rings is 1. The highest BCUT2D eigenvalue weighted by Gasteiger charge is 2.28. The molecule has 0 aliphatic carbocycles. The maximum atomic E-state index is 13.8. The summed E-state index contributed by atoms with van der Waals surface area (Å²) in [7, 11) is 0. The van der Waals surface area contributed by atoms with E-state index >= 15 is 0 Å². The van der Waals surface area contributed by atoms with Crippen LogP contribution < -0.4 is 0 Å². The van der Waals surface area contributed by atoms with Crippen LogP contribution in [-0.4, -0.2) is 48.6 Å². The Hall–Kier alpha value is -4.00. The Balaban J connectivity index is 1.30. The van der Waals surface area contributed by atoms with Crippen LogP contribution in [-0.2, 0) is 0 Å². The predicted molar refractivity (Wildman–Crippen MR) is 137 cm³/mol. The number of nitrogens with one attached hydrogen (secondary N) is 1. The lowest BCUT2D eigenvalue weighted by atomic mass is 9.95. The fourth-order valence-corrected chi connectivity index (χ4v) is 5.02. The first kappa shape index (κ1) is 21.5. The van der Waals surface area contributed by atoms with Crippen LogP contribution in [0, 0.1) is 0 Å². The summed E-state index contributed by atoms with van der Waals surface area (Å²) >= 11 is 0. The maximum absolute atomic E-state index is 13.8. The number of fused-ring (bicyclic) bond motifs is 2. The molecule has 1 amide bonds. The van der Waals surface area contributed by atoms with Gasteiger partial charge >= 0.3 is 0 Å². The van der Waals surface area contributed by atoms with Gasteiger partial charge in [-0.05, 0) is 44.9 Å². The molecular formula is C28H28N6O. The summed E-state index contributed by atoms with van der Waals surface area (Å²) in [4.78, 5) is 28.9. The van der Waals surface area contributed by atoms with Gasteiger partial charge in [0.1, 0.15) is 5.82 Å². The van der Waals surface area contributed by atoms with Gasteiger partial charge in [-0.3, -0.25) is 4.79 Å². The number of carbonyl (C=O) groups is 1. The molecule has 0 saturated carbocycles. The third kappa shape index (κ3) is 3.87. The Kier molecular flexibility index (Phi) is 5.32. The van der Waals surface area contributed by atoms with Gasteiger partial charge in [0.2, 0.25) is 0 Å². The summed E-state index contributed by atoms with van der Waals surface area (Å²) < 4.78 is 1.90. The zero-order chi connectivity index (χ0) is 23.9. The van der Waals surface area contributed by atoms with Gasteiger partial charge < -0.3 is 9.88 Å². The normalized spacial score (nSPS) is 14.9. The van der Waals surface area contributed by atoms with E-state index in [0.29, 0.717) is 24.6 Å². The Morgan fingerprint density at radius 1 is 1.00 bits per heavy atom. The van der Waals surface area contributed by atoms with Gasteiger partial charge in [0.15, 0.2) is 5.65 Å². The van der Waals surface area contributed by atoms with E-state index in [0.717, 1.165) is 52.0 Å². The second-order valence-electron chi connectivity index (χ2n) is 9.55. The number of aromatic nitrogens is 5. The third-order valence-corrected chi connectivity index (χ3v) is 6.93. The maximum Gasteiger partial charge on any atom is 0.254 e. The van der Waals surface area contributed by atoms with Crippen LogP contribution in [0.4, 0.5) is 0 Å². The molecule has 7 nitrogen and oxygen atoms in total. The number of nitrogens with zero attached hydrogens (tertiary/aromatic N) is 5. The molecule has 2 aromatic carbocycles. The SMILES string of the molecule is CC(C)n1ncc2c(C(=O)N3CCC(c4nc5ccccc5[nH]4)CC3)cc(-c3ccccc3)nc21. The number of pyridine rings is 1. The number of para-hydroxylation sites is 2. The number of piperidine rings is 1. The first-order valence-corrected chi connectivity index (χ1v) is 12.3. The molecule has 6 rings (SSSR count). The summed E-state index contributed by atoms with van der Waals surface area (Å²) in [5.41, 5.74) is 5.26.